The molecule has 0 bridgehead atoms. The van der Waals surface area contributed by atoms with E-state index in [4.69, 9.17) is 23.2 Å². The summed E-state index contributed by atoms with van der Waals surface area (Å²) in [7, 11) is 0. The summed E-state index contributed by atoms with van der Waals surface area (Å²) >= 11 is 15.0. The molecule has 0 fully saturated rings. The molecule has 0 amide bonds. The maximum absolute atomic E-state index is 6.24. The highest BCUT2D eigenvalue weighted by Gasteiger charge is 2.17. The molecule has 0 saturated heterocycles. The molecule has 3 rings (SSSR count). The van der Waals surface area contributed by atoms with Gasteiger partial charge in [0.15, 0.2) is 0 Å². The molecule has 8 heteroatoms. The fourth-order valence-corrected chi connectivity index (χ4v) is 3.55. The maximum Gasteiger partial charge on any atom is 0.130 e. The zero-order valence-electron chi connectivity index (χ0n) is 9.72. The lowest BCUT2D eigenvalue weighted by atomic mass is 10.2. The lowest BCUT2D eigenvalue weighted by molar-refractivity contribution is 0.871. The van der Waals surface area contributed by atoms with E-state index < -0.39 is 0 Å². The number of nitrogens with zero attached hydrogens (tertiary/aromatic N) is 3. The van der Waals surface area contributed by atoms with Crippen LogP contribution in [-0.4, -0.2) is 13.7 Å². The first kappa shape index (κ1) is 13.1. The summed E-state index contributed by atoms with van der Waals surface area (Å²) in [6, 6.07) is 1.73. The third-order valence-electron chi connectivity index (χ3n) is 2.63. The van der Waals surface area contributed by atoms with Crippen molar-refractivity contribution in [3.63, 3.8) is 0 Å². The average molecular weight is 331 g/mol. The number of fused-ring (bicyclic) bond motifs is 1. The molecule has 1 atom stereocenters. The molecule has 1 N–H and O–H groups in total. The fourth-order valence-electron chi connectivity index (χ4n) is 1.74. The van der Waals surface area contributed by atoms with Crippen molar-refractivity contribution < 1.29 is 0 Å². The predicted molar refractivity (Wildman–Crippen MR) is 81.6 cm³/mol. The predicted octanol–water partition coefficient (Wildman–Crippen LogP) is 4.63. The van der Waals surface area contributed by atoms with Gasteiger partial charge >= 0.3 is 0 Å². The molecule has 2 heterocycles. The minimum absolute atomic E-state index is 0.0450. The Kier molecular flexibility index (Phi) is 3.58. The van der Waals surface area contributed by atoms with Crippen molar-refractivity contribution in [2.24, 2.45) is 0 Å². The van der Waals surface area contributed by atoms with Gasteiger partial charge in [-0.15, -0.1) is 11.3 Å². The molecule has 4 nitrogen and oxygen atoms in total. The third kappa shape index (κ3) is 2.41. The summed E-state index contributed by atoms with van der Waals surface area (Å²) in [5.41, 5.74) is 2.12. The van der Waals surface area contributed by atoms with Gasteiger partial charge in [-0.3, -0.25) is 0 Å². The Morgan fingerprint density at radius 2 is 2.00 bits per heavy atom. The van der Waals surface area contributed by atoms with Gasteiger partial charge in [-0.2, -0.15) is 8.75 Å². The van der Waals surface area contributed by atoms with E-state index in [1.165, 1.54) is 0 Å². The molecule has 1 aromatic carbocycles. The number of nitrogens with one attached hydrogen (secondary N) is 1. The van der Waals surface area contributed by atoms with E-state index in [2.05, 4.69) is 19.0 Å². The fraction of sp³-hybridized carbons (Fsp3) is 0.182. The number of hydrogen-bond acceptors (Lipinski definition) is 6. The topological polar surface area (TPSA) is 50.7 Å². The lowest BCUT2D eigenvalue weighted by Gasteiger charge is -2.14. The molecule has 0 aliphatic heterocycles. The summed E-state index contributed by atoms with van der Waals surface area (Å²) in [6.45, 7) is 2.02. The lowest BCUT2D eigenvalue weighted by Crippen LogP contribution is -2.07. The average Bonchev–Trinajstić information content (AvgIpc) is 3.04. The van der Waals surface area contributed by atoms with Crippen LogP contribution in [0.4, 0.5) is 5.69 Å². The van der Waals surface area contributed by atoms with Gasteiger partial charge < -0.3 is 5.32 Å². The van der Waals surface area contributed by atoms with Crippen molar-refractivity contribution in [3.05, 3.63) is 32.7 Å². The first-order valence-corrected chi connectivity index (χ1v) is 7.79. The largest absolute Gasteiger partial charge is 0.373 e. The SMILES string of the molecule is CC(Nc1c(Cl)cc(Cl)c2nsnc12)c1nccs1. The smallest absolute Gasteiger partial charge is 0.130 e. The molecule has 0 saturated carbocycles. The van der Waals surface area contributed by atoms with Crippen LogP contribution in [0.25, 0.3) is 11.0 Å². The number of rotatable bonds is 3. The first-order chi connectivity index (χ1) is 9.16. The van der Waals surface area contributed by atoms with Crippen molar-refractivity contribution in [1.82, 2.24) is 13.7 Å². The Bertz CT molecular complexity index is 711. The van der Waals surface area contributed by atoms with E-state index in [-0.39, 0.29) is 6.04 Å². The standard InChI is InChI=1S/C11H8Cl2N4S2/c1-5(11-14-2-3-18-11)15-8-6(12)4-7(13)9-10(8)17-19-16-9/h2-5,15H,1H3. The van der Waals surface area contributed by atoms with Crippen LogP contribution >= 0.6 is 46.3 Å². The van der Waals surface area contributed by atoms with Gasteiger partial charge in [0.05, 0.1) is 33.5 Å². The highest BCUT2D eigenvalue weighted by atomic mass is 35.5. The van der Waals surface area contributed by atoms with Gasteiger partial charge in [-0.1, -0.05) is 23.2 Å². The van der Waals surface area contributed by atoms with Crippen LogP contribution in [0, 0.1) is 0 Å². The summed E-state index contributed by atoms with van der Waals surface area (Å²) in [4.78, 5) is 4.28. The van der Waals surface area contributed by atoms with Crippen LogP contribution in [0.1, 0.15) is 18.0 Å². The van der Waals surface area contributed by atoms with Gasteiger partial charge in [0.25, 0.3) is 0 Å². The Balaban J connectivity index is 2.03. The van der Waals surface area contributed by atoms with Crippen LogP contribution in [-0.2, 0) is 0 Å². The van der Waals surface area contributed by atoms with Crippen molar-refractivity contribution in [2.75, 3.05) is 5.32 Å². The second-order valence-corrected chi connectivity index (χ2v) is 6.18. The van der Waals surface area contributed by atoms with E-state index in [9.17, 15) is 0 Å². The molecule has 19 heavy (non-hydrogen) atoms. The molecule has 0 spiro atoms. The highest BCUT2D eigenvalue weighted by molar-refractivity contribution is 7.09. The number of thiazole rings is 1. The summed E-state index contributed by atoms with van der Waals surface area (Å²) in [5, 5.41) is 7.31. The van der Waals surface area contributed by atoms with Crippen molar-refractivity contribution in [1.29, 1.82) is 0 Å². The molecular weight excluding hydrogens is 323 g/mol. The minimum Gasteiger partial charge on any atom is -0.373 e. The molecule has 3 aromatic rings. The van der Waals surface area contributed by atoms with E-state index in [1.807, 2.05) is 12.3 Å². The van der Waals surface area contributed by atoms with Crippen molar-refractivity contribution >= 4 is 63.0 Å². The summed E-state index contributed by atoms with van der Waals surface area (Å²) in [5.74, 6) is 0. The van der Waals surface area contributed by atoms with E-state index in [0.29, 0.717) is 21.1 Å². The van der Waals surface area contributed by atoms with Gasteiger partial charge in [0.1, 0.15) is 16.0 Å². The molecule has 0 aliphatic carbocycles. The van der Waals surface area contributed by atoms with E-state index >= 15 is 0 Å². The van der Waals surface area contributed by atoms with Crippen LogP contribution in [0.5, 0.6) is 0 Å². The normalized spacial score (nSPS) is 12.8. The second kappa shape index (κ2) is 5.20. The Morgan fingerprint density at radius 1 is 1.21 bits per heavy atom. The molecular formula is C11H8Cl2N4S2. The van der Waals surface area contributed by atoms with Crippen LogP contribution in [0.2, 0.25) is 10.0 Å². The monoisotopic (exact) mass is 330 g/mol. The molecule has 98 valence electrons. The van der Waals surface area contributed by atoms with E-state index in [1.54, 1.807) is 23.6 Å². The van der Waals surface area contributed by atoms with Crippen molar-refractivity contribution in [3.8, 4) is 0 Å². The maximum atomic E-state index is 6.24. The van der Waals surface area contributed by atoms with Gasteiger partial charge in [-0.25, -0.2) is 4.98 Å². The summed E-state index contributed by atoms with van der Waals surface area (Å²) < 4.78 is 8.43. The van der Waals surface area contributed by atoms with Gasteiger partial charge in [0, 0.05) is 11.6 Å². The minimum atomic E-state index is 0.0450. The molecule has 2 aromatic heterocycles. The summed E-state index contributed by atoms with van der Waals surface area (Å²) in [6.07, 6.45) is 1.78. The molecule has 0 aliphatic rings. The Morgan fingerprint density at radius 3 is 2.74 bits per heavy atom. The van der Waals surface area contributed by atoms with Crippen LogP contribution in [0.3, 0.4) is 0 Å². The van der Waals surface area contributed by atoms with Gasteiger partial charge in [-0.05, 0) is 13.0 Å². The molecule has 0 radical (unpaired) electrons. The zero-order valence-corrected chi connectivity index (χ0v) is 12.9. The van der Waals surface area contributed by atoms with Crippen LogP contribution in [0.15, 0.2) is 17.6 Å². The number of halogens is 2. The Hall–Kier alpha value is -0.950. The third-order valence-corrected chi connectivity index (χ3v) is 4.70. The number of aromatic nitrogens is 3. The molecule has 1 unspecified atom stereocenters. The Labute approximate surface area is 127 Å². The van der Waals surface area contributed by atoms with Gasteiger partial charge in [0.2, 0.25) is 0 Å². The van der Waals surface area contributed by atoms with Crippen LogP contribution < -0.4 is 5.32 Å². The number of benzene rings is 1. The number of anilines is 1. The van der Waals surface area contributed by atoms with Crippen molar-refractivity contribution in [2.45, 2.75) is 13.0 Å². The second-order valence-electron chi connectivity index (χ2n) is 3.91. The van der Waals surface area contributed by atoms with E-state index in [0.717, 1.165) is 22.4 Å². The first-order valence-electron chi connectivity index (χ1n) is 5.43. The highest BCUT2D eigenvalue weighted by Crippen LogP contribution is 2.37. The quantitative estimate of drug-likeness (QED) is 0.760. The zero-order chi connectivity index (χ0) is 13.4. The number of hydrogen-bond donors (Lipinski definition) is 1.